The second-order valence-electron chi connectivity index (χ2n) is 7.19. The van der Waals surface area contributed by atoms with Gasteiger partial charge in [0.1, 0.15) is 11.4 Å². The van der Waals surface area contributed by atoms with Crippen LogP contribution in [0.1, 0.15) is 5.56 Å². The highest BCUT2D eigenvalue weighted by Crippen LogP contribution is 2.35. The molecule has 2 aromatic carbocycles. The first-order valence-corrected chi connectivity index (χ1v) is 9.78. The fourth-order valence-corrected chi connectivity index (χ4v) is 3.86. The molecule has 1 aromatic heterocycles. The highest BCUT2D eigenvalue weighted by Gasteiger charge is 2.26. The van der Waals surface area contributed by atoms with E-state index in [0.29, 0.717) is 16.6 Å². The van der Waals surface area contributed by atoms with Gasteiger partial charge in [-0.15, -0.1) is 0 Å². The Morgan fingerprint density at radius 2 is 1.83 bits per heavy atom. The van der Waals surface area contributed by atoms with Crippen molar-refractivity contribution in [2.24, 2.45) is 0 Å². The summed E-state index contributed by atoms with van der Waals surface area (Å²) in [6, 6.07) is 15.4. The van der Waals surface area contributed by atoms with E-state index < -0.39 is 0 Å². The Bertz CT molecular complexity index is 999. The second kappa shape index (κ2) is 8.45. The predicted molar refractivity (Wildman–Crippen MR) is 114 cm³/mol. The number of aromatic nitrogens is 1. The Morgan fingerprint density at radius 3 is 2.52 bits per heavy atom. The minimum atomic E-state index is -0.282. The number of ether oxygens (including phenoxy) is 1. The molecule has 2 heterocycles. The first-order valence-electron chi connectivity index (χ1n) is 9.78. The molecule has 7 heteroatoms. The summed E-state index contributed by atoms with van der Waals surface area (Å²) in [5, 5.41) is 12.4. The molecule has 0 radical (unpaired) electrons. The van der Waals surface area contributed by atoms with Crippen LogP contribution in [-0.2, 0) is 6.42 Å². The number of rotatable bonds is 6. The highest BCUT2D eigenvalue weighted by atomic mass is 16.6. The average Bonchev–Trinajstić information content (AvgIpc) is 2.77. The number of pyridine rings is 1. The monoisotopic (exact) mass is 392 g/mol. The Hall–Kier alpha value is -3.19. The van der Waals surface area contributed by atoms with Gasteiger partial charge in [-0.1, -0.05) is 12.1 Å². The van der Waals surface area contributed by atoms with Crippen molar-refractivity contribution in [3.63, 3.8) is 0 Å². The molecule has 0 amide bonds. The van der Waals surface area contributed by atoms with Crippen molar-refractivity contribution in [3.05, 3.63) is 70.4 Å². The van der Waals surface area contributed by atoms with Gasteiger partial charge < -0.3 is 9.64 Å². The van der Waals surface area contributed by atoms with Gasteiger partial charge in [-0.2, -0.15) is 0 Å². The first kappa shape index (κ1) is 19.1. The molecule has 1 aliphatic heterocycles. The van der Waals surface area contributed by atoms with Gasteiger partial charge in [-0.05, 0) is 48.4 Å². The number of anilines is 1. The van der Waals surface area contributed by atoms with Crippen molar-refractivity contribution in [3.8, 4) is 5.75 Å². The van der Waals surface area contributed by atoms with Crippen molar-refractivity contribution in [2.75, 3.05) is 44.7 Å². The Labute approximate surface area is 169 Å². The van der Waals surface area contributed by atoms with Gasteiger partial charge in [0.05, 0.1) is 22.9 Å². The van der Waals surface area contributed by atoms with Gasteiger partial charge in [0.25, 0.3) is 0 Å². The number of nitrogens with zero attached hydrogens (tertiary/aromatic N) is 4. The third-order valence-corrected chi connectivity index (χ3v) is 5.51. The van der Waals surface area contributed by atoms with Gasteiger partial charge in [-0.3, -0.25) is 20.0 Å². The van der Waals surface area contributed by atoms with Crippen LogP contribution in [-0.4, -0.2) is 54.6 Å². The summed E-state index contributed by atoms with van der Waals surface area (Å²) in [4.78, 5) is 20.3. The molecule has 1 fully saturated rings. The number of hydrogen-bond acceptors (Lipinski definition) is 6. The molecule has 7 nitrogen and oxygen atoms in total. The number of nitro groups is 1. The zero-order valence-corrected chi connectivity index (χ0v) is 16.5. The third-order valence-electron chi connectivity index (χ3n) is 5.51. The molecule has 1 aliphatic rings. The van der Waals surface area contributed by atoms with Gasteiger partial charge >= 0.3 is 5.69 Å². The van der Waals surface area contributed by atoms with Crippen LogP contribution in [0.2, 0.25) is 0 Å². The minimum Gasteiger partial charge on any atom is -0.497 e. The zero-order chi connectivity index (χ0) is 20.2. The van der Waals surface area contributed by atoms with Gasteiger partial charge in [0.2, 0.25) is 0 Å². The summed E-state index contributed by atoms with van der Waals surface area (Å²) in [5.41, 5.74) is 2.78. The fourth-order valence-electron chi connectivity index (χ4n) is 3.86. The Balaban J connectivity index is 1.41. The van der Waals surface area contributed by atoms with E-state index in [1.165, 1.54) is 5.56 Å². The summed E-state index contributed by atoms with van der Waals surface area (Å²) in [6.45, 7) is 4.30. The molecule has 0 N–H and O–H groups in total. The number of nitro benzene ring substituents is 1. The molecule has 4 rings (SSSR count). The summed E-state index contributed by atoms with van der Waals surface area (Å²) >= 11 is 0. The minimum absolute atomic E-state index is 0.155. The number of fused-ring (bicyclic) bond motifs is 1. The zero-order valence-electron chi connectivity index (χ0n) is 16.5. The van der Waals surface area contributed by atoms with Crippen molar-refractivity contribution in [1.29, 1.82) is 0 Å². The molecule has 0 atom stereocenters. The number of piperazine rings is 1. The number of methoxy groups -OCH3 is 1. The third kappa shape index (κ3) is 4.14. The van der Waals surface area contributed by atoms with Crippen molar-refractivity contribution in [1.82, 2.24) is 9.88 Å². The molecule has 3 aromatic rings. The molecular formula is C22H24N4O3. The normalized spacial score (nSPS) is 14.9. The lowest BCUT2D eigenvalue weighted by molar-refractivity contribution is -0.382. The van der Waals surface area contributed by atoms with E-state index in [9.17, 15) is 10.1 Å². The molecule has 1 saturated heterocycles. The largest absolute Gasteiger partial charge is 0.497 e. The molecule has 150 valence electrons. The number of hydrogen-bond donors (Lipinski definition) is 0. The first-order chi connectivity index (χ1) is 14.2. The maximum absolute atomic E-state index is 11.8. The summed E-state index contributed by atoms with van der Waals surface area (Å²) in [6.07, 6.45) is 2.64. The summed E-state index contributed by atoms with van der Waals surface area (Å²) < 4.78 is 5.20. The van der Waals surface area contributed by atoms with Crippen LogP contribution in [0.15, 0.2) is 54.7 Å². The van der Waals surface area contributed by atoms with Crippen molar-refractivity contribution < 1.29 is 9.66 Å². The summed E-state index contributed by atoms with van der Waals surface area (Å²) in [7, 11) is 1.67. The average molecular weight is 392 g/mol. The van der Waals surface area contributed by atoms with Crippen molar-refractivity contribution in [2.45, 2.75) is 6.42 Å². The van der Waals surface area contributed by atoms with Gasteiger partial charge in [0.15, 0.2) is 0 Å². The standard InChI is InChI=1S/C22H24N4O3/c1-29-18-6-4-17(5-7-18)10-12-24-13-15-25(16-14-24)21-9-8-20-19(3-2-11-23-20)22(21)26(27)28/h2-9,11H,10,12-16H2,1H3. The van der Waals surface area contributed by atoms with E-state index in [1.54, 1.807) is 25.4 Å². The lowest BCUT2D eigenvalue weighted by Gasteiger charge is -2.36. The lowest BCUT2D eigenvalue weighted by atomic mass is 10.1. The van der Waals surface area contributed by atoms with Gasteiger partial charge in [0, 0.05) is 38.9 Å². The van der Waals surface area contributed by atoms with Crippen LogP contribution >= 0.6 is 0 Å². The Morgan fingerprint density at radius 1 is 1.07 bits per heavy atom. The molecule has 0 spiro atoms. The van der Waals surface area contributed by atoms with E-state index in [-0.39, 0.29) is 10.6 Å². The molecule has 29 heavy (non-hydrogen) atoms. The van der Waals surface area contributed by atoms with E-state index >= 15 is 0 Å². The predicted octanol–water partition coefficient (Wildman–Crippen LogP) is 3.52. The van der Waals surface area contributed by atoms with Crippen LogP contribution < -0.4 is 9.64 Å². The molecule has 0 aliphatic carbocycles. The maximum atomic E-state index is 11.8. The van der Waals surface area contributed by atoms with Crippen LogP contribution in [0.4, 0.5) is 11.4 Å². The summed E-state index contributed by atoms with van der Waals surface area (Å²) in [5.74, 6) is 0.870. The molecule has 0 unspecified atom stereocenters. The number of benzene rings is 2. The van der Waals surface area contributed by atoms with E-state index in [0.717, 1.165) is 44.9 Å². The van der Waals surface area contributed by atoms with E-state index in [2.05, 4.69) is 26.9 Å². The SMILES string of the molecule is COc1ccc(CCN2CCN(c3ccc4ncccc4c3[N+](=O)[O-])CC2)cc1. The highest BCUT2D eigenvalue weighted by molar-refractivity contribution is 5.94. The Kier molecular flexibility index (Phi) is 5.57. The molecular weight excluding hydrogens is 368 g/mol. The molecule has 0 saturated carbocycles. The van der Waals surface area contributed by atoms with Crippen LogP contribution in [0.5, 0.6) is 5.75 Å². The topological polar surface area (TPSA) is 71.7 Å². The smallest absolute Gasteiger partial charge is 0.301 e. The van der Waals surface area contributed by atoms with Crippen LogP contribution in [0.3, 0.4) is 0 Å². The van der Waals surface area contributed by atoms with Crippen molar-refractivity contribution >= 4 is 22.3 Å². The molecule has 0 bridgehead atoms. The fraction of sp³-hybridized carbons (Fsp3) is 0.318. The quantitative estimate of drug-likeness (QED) is 0.472. The van der Waals surface area contributed by atoms with E-state index in [4.69, 9.17) is 4.74 Å². The maximum Gasteiger partial charge on any atom is 0.301 e. The van der Waals surface area contributed by atoms with Crippen LogP contribution in [0, 0.1) is 10.1 Å². The van der Waals surface area contributed by atoms with Gasteiger partial charge in [-0.25, -0.2) is 0 Å². The van der Waals surface area contributed by atoms with Crippen LogP contribution in [0.25, 0.3) is 10.9 Å². The second-order valence-corrected chi connectivity index (χ2v) is 7.19. The van der Waals surface area contributed by atoms with E-state index in [1.807, 2.05) is 24.3 Å². The lowest BCUT2D eigenvalue weighted by Crippen LogP contribution is -2.47.